The van der Waals surface area contributed by atoms with Crippen LogP contribution in [0.4, 0.5) is 0 Å². The molecular formula is C17H20O4. The van der Waals surface area contributed by atoms with Crippen LogP contribution in [-0.2, 0) is 4.79 Å². The van der Waals surface area contributed by atoms with Crippen LogP contribution < -0.4 is 9.47 Å². The van der Waals surface area contributed by atoms with Crippen LogP contribution in [0.2, 0.25) is 0 Å². The molecule has 0 aliphatic heterocycles. The van der Waals surface area contributed by atoms with E-state index in [9.17, 15) is 9.90 Å². The summed E-state index contributed by atoms with van der Waals surface area (Å²) < 4.78 is 10.7. The van der Waals surface area contributed by atoms with Crippen molar-refractivity contribution < 1.29 is 19.4 Å². The first kappa shape index (κ1) is 15.2. The summed E-state index contributed by atoms with van der Waals surface area (Å²) in [5, 5.41) is 11.8. The Morgan fingerprint density at radius 3 is 2.14 bits per heavy atom. The molecule has 2 aromatic carbocycles. The van der Waals surface area contributed by atoms with Crippen molar-refractivity contribution in [3.05, 3.63) is 29.8 Å². The van der Waals surface area contributed by atoms with Crippen molar-refractivity contribution in [1.82, 2.24) is 0 Å². The maximum absolute atomic E-state index is 11.9. The number of Topliss-reactive ketones (excluding diaryl/α,β-unsaturated/α-hetero) is 1. The molecule has 1 atom stereocenters. The van der Waals surface area contributed by atoms with Crippen molar-refractivity contribution in [1.29, 1.82) is 0 Å². The molecule has 0 saturated carbocycles. The molecule has 0 radical (unpaired) electrons. The van der Waals surface area contributed by atoms with E-state index in [-0.39, 0.29) is 17.5 Å². The van der Waals surface area contributed by atoms with E-state index in [1.165, 1.54) is 0 Å². The van der Waals surface area contributed by atoms with E-state index >= 15 is 0 Å². The minimum Gasteiger partial charge on any atom is -0.508 e. The quantitative estimate of drug-likeness (QED) is 0.912. The number of rotatable bonds is 5. The minimum atomic E-state index is -0.352. The zero-order valence-corrected chi connectivity index (χ0v) is 12.8. The fourth-order valence-corrected chi connectivity index (χ4v) is 2.53. The number of methoxy groups -OCH3 is 2. The SMILES string of the molecule is CCC(=O)C(C)c1cc2c(OC)ccc(OC)c2cc1O. The van der Waals surface area contributed by atoms with Gasteiger partial charge in [-0.15, -0.1) is 0 Å². The third kappa shape index (κ3) is 2.66. The van der Waals surface area contributed by atoms with E-state index in [0.29, 0.717) is 23.5 Å². The van der Waals surface area contributed by atoms with Crippen molar-refractivity contribution in [2.45, 2.75) is 26.2 Å². The maximum Gasteiger partial charge on any atom is 0.139 e. The molecule has 21 heavy (non-hydrogen) atoms. The van der Waals surface area contributed by atoms with E-state index in [4.69, 9.17) is 9.47 Å². The normalized spacial score (nSPS) is 12.2. The first-order valence-electron chi connectivity index (χ1n) is 6.93. The molecular weight excluding hydrogens is 268 g/mol. The van der Waals surface area contributed by atoms with E-state index in [1.54, 1.807) is 33.3 Å². The topological polar surface area (TPSA) is 55.8 Å². The predicted molar refractivity (Wildman–Crippen MR) is 82.4 cm³/mol. The number of carbonyl (C=O) groups excluding carboxylic acids is 1. The van der Waals surface area contributed by atoms with Gasteiger partial charge in [-0.05, 0) is 24.3 Å². The number of carbonyl (C=O) groups is 1. The Hall–Kier alpha value is -2.23. The Morgan fingerprint density at radius 1 is 1.14 bits per heavy atom. The van der Waals surface area contributed by atoms with Gasteiger partial charge in [0.1, 0.15) is 23.0 Å². The maximum atomic E-state index is 11.9. The number of phenolic OH excluding ortho intramolecular Hbond substituents is 1. The standard InChI is InChI=1S/C17H20O4/c1-5-14(18)10(2)11-8-12-13(9-15(11)19)17(21-4)7-6-16(12)20-3/h6-10,19H,5H2,1-4H3. The lowest BCUT2D eigenvalue weighted by Gasteiger charge is -2.16. The summed E-state index contributed by atoms with van der Waals surface area (Å²) in [5.41, 5.74) is 0.612. The Morgan fingerprint density at radius 2 is 1.67 bits per heavy atom. The molecule has 0 fully saturated rings. The summed E-state index contributed by atoms with van der Waals surface area (Å²) in [7, 11) is 3.17. The lowest BCUT2D eigenvalue weighted by Crippen LogP contribution is -2.07. The fraction of sp³-hybridized carbons (Fsp3) is 0.353. The van der Waals surface area contributed by atoms with Gasteiger partial charge in [0.2, 0.25) is 0 Å². The number of ether oxygens (including phenoxy) is 2. The number of aromatic hydroxyl groups is 1. The zero-order valence-electron chi connectivity index (χ0n) is 12.8. The summed E-state index contributed by atoms with van der Waals surface area (Å²) in [6.45, 7) is 3.62. The summed E-state index contributed by atoms with van der Waals surface area (Å²) in [5.74, 6) is 1.18. The van der Waals surface area contributed by atoms with Crippen molar-refractivity contribution in [3.8, 4) is 17.2 Å². The highest BCUT2D eigenvalue weighted by Gasteiger charge is 2.19. The second kappa shape index (κ2) is 6.04. The molecule has 4 nitrogen and oxygen atoms in total. The van der Waals surface area contributed by atoms with Crippen LogP contribution in [0.3, 0.4) is 0 Å². The smallest absolute Gasteiger partial charge is 0.139 e. The molecule has 1 N–H and O–H groups in total. The molecule has 0 heterocycles. The van der Waals surface area contributed by atoms with Crippen LogP contribution in [-0.4, -0.2) is 25.1 Å². The van der Waals surface area contributed by atoms with Crippen LogP contribution in [0.1, 0.15) is 31.7 Å². The van der Waals surface area contributed by atoms with Gasteiger partial charge in [-0.2, -0.15) is 0 Å². The van der Waals surface area contributed by atoms with Gasteiger partial charge in [0.25, 0.3) is 0 Å². The van der Waals surface area contributed by atoms with Crippen molar-refractivity contribution in [2.75, 3.05) is 14.2 Å². The summed E-state index contributed by atoms with van der Waals surface area (Å²) >= 11 is 0. The van der Waals surface area contributed by atoms with Gasteiger partial charge in [-0.25, -0.2) is 0 Å². The molecule has 0 aromatic heterocycles. The Labute approximate surface area is 124 Å². The van der Waals surface area contributed by atoms with Crippen LogP contribution in [0.15, 0.2) is 24.3 Å². The Bertz CT molecular complexity index is 676. The molecule has 0 aliphatic rings. The number of ketones is 1. The number of benzene rings is 2. The molecule has 4 heteroatoms. The molecule has 0 bridgehead atoms. The summed E-state index contributed by atoms with van der Waals surface area (Å²) in [4.78, 5) is 11.9. The molecule has 1 unspecified atom stereocenters. The predicted octanol–water partition coefficient (Wildman–Crippen LogP) is 3.65. The zero-order chi connectivity index (χ0) is 15.6. The van der Waals surface area contributed by atoms with Gasteiger partial charge >= 0.3 is 0 Å². The third-order valence-corrected chi connectivity index (χ3v) is 3.82. The van der Waals surface area contributed by atoms with Crippen LogP contribution in [0.5, 0.6) is 17.2 Å². The Kier molecular flexibility index (Phi) is 4.36. The lowest BCUT2D eigenvalue weighted by atomic mass is 9.92. The van der Waals surface area contributed by atoms with Gasteiger partial charge in [0, 0.05) is 28.7 Å². The van der Waals surface area contributed by atoms with E-state index in [0.717, 1.165) is 10.8 Å². The highest BCUT2D eigenvalue weighted by molar-refractivity contribution is 5.96. The van der Waals surface area contributed by atoms with Crippen molar-refractivity contribution >= 4 is 16.6 Å². The number of hydrogen-bond acceptors (Lipinski definition) is 4. The minimum absolute atomic E-state index is 0.0894. The van der Waals surface area contributed by atoms with Gasteiger partial charge < -0.3 is 14.6 Å². The van der Waals surface area contributed by atoms with E-state index in [1.807, 2.05) is 19.1 Å². The van der Waals surface area contributed by atoms with Gasteiger partial charge in [0.15, 0.2) is 0 Å². The first-order chi connectivity index (χ1) is 10.0. The average Bonchev–Trinajstić information content (AvgIpc) is 2.51. The molecule has 0 spiro atoms. The van der Waals surface area contributed by atoms with Crippen molar-refractivity contribution in [2.24, 2.45) is 0 Å². The largest absolute Gasteiger partial charge is 0.508 e. The summed E-state index contributed by atoms with van der Waals surface area (Å²) in [6.07, 6.45) is 0.438. The van der Waals surface area contributed by atoms with Gasteiger partial charge in [0.05, 0.1) is 14.2 Å². The van der Waals surface area contributed by atoms with E-state index < -0.39 is 0 Å². The monoisotopic (exact) mass is 288 g/mol. The third-order valence-electron chi connectivity index (χ3n) is 3.82. The lowest BCUT2D eigenvalue weighted by molar-refractivity contribution is -0.119. The average molecular weight is 288 g/mol. The number of fused-ring (bicyclic) bond motifs is 1. The van der Waals surface area contributed by atoms with E-state index in [2.05, 4.69) is 0 Å². The number of hydrogen-bond donors (Lipinski definition) is 1. The molecule has 0 amide bonds. The van der Waals surface area contributed by atoms with Gasteiger partial charge in [-0.1, -0.05) is 13.8 Å². The van der Waals surface area contributed by atoms with Crippen LogP contribution in [0, 0.1) is 0 Å². The molecule has 112 valence electrons. The second-order valence-electron chi connectivity index (χ2n) is 4.97. The van der Waals surface area contributed by atoms with Gasteiger partial charge in [-0.3, -0.25) is 4.79 Å². The van der Waals surface area contributed by atoms with Crippen LogP contribution in [0.25, 0.3) is 10.8 Å². The van der Waals surface area contributed by atoms with Crippen LogP contribution >= 0.6 is 0 Å². The number of phenols is 1. The molecule has 0 aliphatic carbocycles. The molecule has 0 saturated heterocycles. The Balaban J connectivity index is 2.71. The summed E-state index contributed by atoms with van der Waals surface area (Å²) in [6, 6.07) is 7.05. The highest BCUT2D eigenvalue weighted by Crippen LogP contribution is 2.39. The molecule has 2 rings (SSSR count). The van der Waals surface area contributed by atoms with Crippen molar-refractivity contribution in [3.63, 3.8) is 0 Å². The fourth-order valence-electron chi connectivity index (χ4n) is 2.53. The molecule has 2 aromatic rings. The first-order valence-corrected chi connectivity index (χ1v) is 6.93. The second-order valence-corrected chi connectivity index (χ2v) is 4.97. The highest BCUT2D eigenvalue weighted by atomic mass is 16.5.